The molecule has 16 heteroatoms. The van der Waals surface area contributed by atoms with E-state index >= 15 is 0 Å². The van der Waals surface area contributed by atoms with E-state index < -0.39 is 23.5 Å². The van der Waals surface area contributed by atoms with Crippen molar-refractivity contribution in [1.82, 2.24) is 39.3 Å². The Balaban J connectivity index is 0.821. The van der Waals surface area contributed by atoms with Crippen LogP contribution in [0.5, 0.6) is 5.75 Å². The highest BCUT2D eigenvalue weighted by Gasteiger charge is 2.46. The Kier molecular flexibility index (Phi) is 11.4. The van der Waals surface area contributed by atoms with Crippen LogP contribution in [0, 0.1) is 11.6 Å². The molecule has 5 heterocycles. The standard InChI is InChI=1S/C41H50F2N10O4/c1-29(47-32-14-16-48(3)17-15-32)30(2)53-40(54)52(28-46-53)35-7-5-33(6-8-35)49-18-20-50(21-19-49)34-9-11-36(12-10-34)55-23-37-24-56-41(57-37,25-51-27-44-26-45-51)38-13-4-31(42)22-39(38)43/h4-13,22,26-30,32,37,47H,14-21,23-25H2,1-3H3/t29-,30+,37+,41+/m0/s1. The number of piperidine rings is 1. The fourth-order valence-corrected chi connectivity index (χ4v) is 7.94. The molecule has 2 aromatic heterocycles. The van der Waals surface area contributed by atoms with Crippen LogP contribution >= 0.6 is 0 Å². The number of anilines is 2. The van der Waals surface area contributed by atoms with Crippen LogP contribution in [0.2, 0.25) is 0 Å². The van der Waals surface area contributed by atoms with Gasteiger partial charge in [-0.3, -0.25) is 0 Å². The lowest BCUT2D eigenvalue weighted by Crippen LogP contribution is -2.47. The van der Waals surface area contributed by atoms with Crippen LogP contribution < -0.4 is 25.5 Å². The zero-order chi connectivity index (χ0) is 39.5. The van der Waals surface area contributed by atoms with Gasteiger partial charge < -0.3 is 34.2 Å². The number of rotatable bonds is 13. The molecule has 0 saturated carbocycles. The van der Waals surface area contributed by atoms with Crippen molar-refractivity contribution in [2.24, 2.45) is 0 Å². The maximum Gasteiger partial charge on any atom is 0.350 e. The van der Waals surface area contributed by atoms with Gasteiger partial charge in [-0.25, -0.2) is 32.5 Å². The number of piperazine rings is 1. The molecule has 14 nitrogen and oxygen atoms in total. The van der Waals surface area contributed by atoms with Gasteiger partial charge in [-0.15, -0.1) is 0 Å². The molecule has 3 aliphatic rings. The van der Waals surface area contributed by atoms with Crippen molar-refractivity contribution < 1.29 is 23.0 Å². The first-order valence-electron chi connectivity index (χ1n) is 19.7. The summed E-state index contributed by atoms with van der Waals surface area (Å²) in [7, 11) is 2.16. The highest BCUT2D eigenvalue weighted by Crippen LogP contribution is 2.38. The van der Waals surface area contributed by atoms with Crippen molar-refractivity contribution in [3.8, 4) is 11.4 Å². The molecule has 8 rings (SSSR count). The van der Waals surface area contributed by atoms with Gasteiger partial charge in [0.05, 0.1) is 18.3 Å². The van der Waals surface area contributed by atoms with E-state index in [0.29, 0.717) is 11.8 Å². The minimum atomic E-state index is -1.52. The van der Waals surface area contributed by atoms with Crippen molar-refractivity contribution in [3.05, 3.63) is 113 Å². The zero-order valence-electron chi connectivity index (χ0n) is 32.6. The summed E-state index contributed by atoms with van der Waals surface area (Å²) in [6.45, 7) is 10.1. The van der Waals surface area contributed by atoms with Crippen LogP contribution in [0.4, 0.5) is 20.2 Å². The van der Waals surface area contributed by atoms with E-state index in [1.165, 1.54) is 29.5 Å². The summed E-state index contributed by atoms with van der Waals surface area (Å²) in [4.78, 5) is 24.4. The third kappa shape index (κ3) is 8.59. The molecule has 0 spiro atoms. The van der Waals surface area contributed by atoms with Gasteiger partial charge in [-0.1, -0.05) is 0 Å². The number of nitrogens with zero attached hydrogens (tertiary/aromatic N) is 9. The van der Waals surface area contributed by atoms with Crippen LogP contribution in [0.25, 0.3) is 5.69 Å². The maximum absolute atomic E-state index is 14.9. The minimum Gasteiger partial charge on any atom is -0.491 e. The highest BCUT2D eigenvalue weighted by molar-refractivity contribution is 5.54. The molecular weight excluding hydrogens is 735 g/mol. The van der Waals surface area contributed by atoms with Crippen molar-refractivity contribution in [2.75, 3.05) is 69.3 Å². The van der Waals surface area contributed by atoms with Crippen LogP contribution in [-0.4, -0.2) is 112 Å². The van der Waals surface area contributed by atoms with Crippen molar-refractivity contribution in [2.45, 2.75) is 63.3 Å². The van der Waals surface area contributed by atoms with E-state index in [1.54, 1.807) is 15.6 Å². The summed E-state index contributed by atoms with van der Waals surface area (Å²) < 4.78 is 51.7. The lowest BCUT2D eigenvalue weighted by atomic mass is 10.0. The molecule has 0 amide bonds. The Morgan fingerprint density at radius 3 is 2.19 bits per heavy atom. The normalized spacial score (nSPS) is 21.9. The van der Waals surface area contributed by atoms with Crippen LogP contribution in [0.15, 0.2) is 90.5 Å². The van der Waals surface area contributed by atoms with E-state index in [0.717, 1.165) is 75.2 Å². The maximum atomic E-state index is 14.9. The quantitative estimate of drug-likeness (QED) is 0.185. The number of nitrogens with one attached hydrogen (secondary N) is 1. The number of hydrogen-bond acceptors (Lipinski definition) is 11. The minimum absolute atomic E-state index is 0.0310. The summed E-state index contributed by atoms with van der Waals surface area (Å²) in [6, 6.07) is 19.9. The molecule has 3 aromatic carbocycles. The summed E-state index contributed by atoms with van der Waals surface area (Å²) in [5.74, 6) is -2.30. The first-order chi connectivity index (χ1) is 27.6. The average Bonchev–Trinajstić information content (AvgIpc) is 3.99. The summed E-state index contributed by atoms with van der Waals surface area (Å²) >= 11 is 0. The Bertz CT molecular complexity index is 2130. The SMILES string of the molecule is C[C@H](NC1CCN(C)CC1)[C@@H](C)n1ncn(-c2ccc(N3CCN(c4ccc(OC[C@@H]5CO[C@@](Cn6cncn6)(c6ccc(F)cc6F)O5)cc4)CC3)cc2)c1=O. The molecular formula is C41H50F2N10O4. The fourth-order valence-electron chi connectivity index (χ4n) is 7.94. The van der Waals surface area contributed by atoms with Gasteiger partial charge in [0.2, 0.25) is 5.79 Å². The number of ether oxygens (including phenoxy) is 3. The van der Waals surface area contributed by atoms with Crippen molar-refractivity contribution in [3.63, 3.8) is 0 Å². The molecule has 3 fully saturated rings. The number of likely N-dealkylation sites (tertiary alicyclic amines) is 1. The Morgan fingerprint density at radius 2 is 1.54 bits per heavy atom. The lowest BCUT2D eigenvalue weighted by molar-refractivity contribution is -0.192. The Hall–Kier alpha value is -5.16. The van der Waals surface area contributed by atoms with Crippen LogP contribution in [-0.2, 0) is 21.8 Å². The van der Waals surface area contributed by atoms with Gasteiger partial charge in [-0.05, 0) is 107 Å². The molecule has 5 aromatic rings. The molecule has 3 aliphatic heterocycles. The van der Waals surface area contributed by atoms with E-state index in [2.05, 4.69) is 68.2 Å². The van der Waals surface area contributed by atoms with Gasteiger partial charge >= 0.3 is 5.69 Å². The predicted octanol–water partition coefficient (Wildman–Crippen LogP) is 4.21. The third-order valence-electron chi connectivity index (χ3n) is 11.5. The molecule has 3 saturated heterocycles. The molecule has 4 atom stereocenters. The van der Waals surface area contributed by atoms with Gasteiger partial charge in [0.15, 0.2) is 0 Å². The Labute approximate surface area is 330 Å². The molecule has 302 valence electrons. The first-order valence-corrected chi connectivity index (χ1v) is 19.7. The third-order valence-corrected chi connectivity index (χ3v) is 11.5. The summed E-state index contributed by atoms with van der Waals surface area (Å²) in [6.07, 6.45) is 6.18. The van der Waals surface area contributed by atoms with E-state index in [9.17, 15) is 13.6 Å². The number of aromatic nitrogens is 6. The summed E-state index contributed by atoms with van der Waals surface area (Å²) in [5, 5.41) is 12.3. The topological polar surface area (TPSA) is 120 Å². The first kappa shape index (κ1) is 38.7. The molecule has 1 N–H and O–H groups in total. The highest BCUT2D eigenvalue weighted by atomic mass is 19.1. The van der Waals surface area contributed by atoms with Gasteiger partial charge in [0.1, 0.15) is 55.6 Å². The molecule has 0 radical (unpaired) electrons. The van der Waals surface area contributed by atoms with E-state index in [1.807, 2.05) is 36.4 Å². The lowest BCUT2D eigenvalue weighted by Gasteiger charge is -2.37. The van der Waals surface area contributed by atoms with Gasteiger partial charge in [0.25, 0.3) is 0 Å². The van der Waals surface area contributed by atoms with Crippen LogP contribution in [0.3, 0.4) is 0 Å². The second-order valence-electron chi connectivity index (χ2n) is 15.3. The second kappa shape index (κ2) is 16.7. The number of hydrogen-bond donors (Lipinski definition) is 1. The van der Waals surface area contributed by atoms with Crippen LogP contribution in [0.1, 0.15) is 38.3 Å². The largest absolute Gasteiger partial charge is 0.491 e. The van der Waals surface area contributed by atoms with E-state index in [4.69, 9.17) is 14.2 Å². The van der Waals surface area contributed by atoms with Gasteiger partial charge in [-0.2, -0.15) is 10.2 Å². The molecule has 0 bridgehead atoms. The zero-order valence-corrected chi connectivity index (χ0v) is 32.6. The number of benzene rings is 3. The average molecular weight is 785 g/mol. The smallest absolute Gasteiger partial charge is 0.350 e. The molecule has 57 heavy (non-hydrogen) atoms. The van der Waals surface area contributed by atoms with Gasteiger partial charge in [0, 0.05) is 61.3 Å². The Morgan fingerprint density at radius 1 is 0.877 bits per heavy atom. The number of halogens is 2. The fraction of sp³-hybridized carbons (Fsp3) is 0.463. The molecule has 0 aliphatic carbocycles. The summed E-state index contributed by atoms with van der Waals surface area (Å²) in [5.41, 5.74) is 2.93. The van der Waals surface area contributed by atoms with E-state index in [-0.39, 0.29) is 43.1 Å². The predicted molar refractivity (Wildman–Crippen MR) is 211 cm³/mol. The van der Waals surface area contributed by atoms with Crippen molar-refractivity contribution >= 4 is 11.4 Å². The monoisotopic (exact) mass is 784 g/mol. The second-order valence-corrected chi connectivity index (χ2v) is 15.3. The van der Waals surface area contributed by atoms with Crippen molar-refractivity contribution in [1.29, 1.82) is 0 Å². The molecule has 0 unspecified atom stereocenters.